The lowest BCUT2D eigenvalue weighted by Crippen LogP contribution is -2.49. The largest absolute Gasteiger partial charge is 0.348 e. The summed E-state index contributed by atoms with van der Waals surface area (Å²) in [6, 6.07) is 20.9. The molecule has 1 aliphatic carbocycles. The lowest BCUT2D eigenvalue weighted by molar-refractivity contribution is -0.192. The van der Waals surface area contributed by atoms with Crippen molar-refractivity contribution in [1.29, 1.82) is 0 Å². The second-order valence-corrected chi connectivity index (χ2v) is 11.8. The van der Waals surface area contributed by atoms with Gasteiger partial charge in [0.2, 0.25) is 0 Å². The van der Waals surface area contributed by atoms with Crippen LogP contribution in [0.15, 0.2) is 60.7 Å². The third-order valence-corrected chi connectivity index (χ3v) is 9.52. The zero-order chi connectivity index (χ0) is 23.4. The summed E-state index contributed by atoms with van der Waals surface area (Å²) in [5, 5.41) is -0.530. The van der Waals surface area contributed by atoms with Crippen LogP contribution in [0.2, 0.25) is 0 Å². The second-order valence-electron chi connectivity index (χ2n) is 9.85. The number of unbranched alkanes of at least 4 members (excludes halogenated alkanes) is 3. The van der Waals surface area contributed by atoms with Gasteiger partial charge in [0.15, 0.2) is 5.79 Å². The van der Waals surface area contributed by atoms with Gasteiger partial charge in [-0.3, -0.25) is 0 Å². The van der Waals surface area contributed by atoms with Crippen molar-refractivity contribution in [2.24, 2.45) is 5.41 Å². The average Bonchev–Trinajstić information content (AvgIpc) is 3.32. The molecular weight excluding hydrogens is 432 g/mol. The molecule has 2 aromatic carbocycles. The molecule has 0 aromatic heterocycles. The highest BCUT2D eigenvalue weighted by atomic mass is 32.2. The normalized spacial score (nSPS) is 25.9. The van der Waals surface area contributed by atoms with Crippen LogP contribution in [0.25, 0.3) is 0 Å². The molecule has 5 heteroatoms. The van der Waals surface area contributed by atoms with Crippen molar-refractivity contribution >= 4 is 10.1 Å². The predicted molar refractivity (Wildman–Crippen MR) is 133 cm³/mol. The van der Waals surface area contributed by atoms with Crippen molar-refractivity contribution in [3.05, 3.63) is 71.8 Å². The van der Waals surface area contributed by atoms with Crippen LogP contribution in [0.1, 0.15) is 88.7 Å². The van der Waals surface area contributed by atoms with E-state index in [-0.39, 0.29) is 5.92 Å². The van der Waals surface area contributed by atoms with Crippen LogP contribution in [-0.2, 0) is 19.0 Å². The molecule has 1 saturated heterocycles. The standard InChI is InChI=1S/C28H38O4S/c1-3-4-5-8-14-23(2)33(29,30)32-28-20-13-19-27(28,21-22-31-28)26(24-15-9-6-10-16-24)25-17-11-7-12-18-25/h6-7,9-12,15-18,23,26H,3-5,8,13-14,19-22H2,1-2H3. The molecule has 1 aliphatic heterocycles. The van der Waals surface area contributed by atoms with E-state index < -0.39 is 26.6 Å². The molecule has 180 valence electrons. The van der Waals surface area contributed by atoms with E-state index in [9.17, 15) is 8.42 Å². The van der Waals surface area contributed by atoms with Crippen LogP contribution < -0.4 is 0 Å². The molecule has 3 unspecified atom stereocenters. The molecule has 2 aliphatic rings. The molecule has 3 atom stereocenters. The Morgan fingerprint density at radius 1 is 0.909 bits per heavy atom. The highest BCUT2D eigenvalue weighted by molar-refractivity contribution is 7.87. The summed E-state index contributed by atoms with van der Waals surface area (Å²) >= 11 is 0. The highest BCUT2D eigenvalue weighted by Crippen LogP contribution is 2.64. The fourth-order valence-electron chi connectivity index (χ4n) is 6.06. The first-order valence-electron chi connectivity index (χ1n) is 12.6. The maximum Gasteiger partial charge on any atom is 0.272 e. The summed E-state index contributed by atoms with van der Waals surface area (Å²) in [7, 11) is -3.76. The molecule has 0 amide bonds. The molecule has 0 radical (unpaired) electrons. The first-order chi connectivity index (χ1) is 15.9. The van der Waals surface area contributed by atoms with Gasteiger partial charge >= 0.3 is 0 Å². The third kappa shape index (κ3) is 4.78. The molecule has 1 saturated carbocycles. The molecule has 0 N–H and O–H groups in total. The zero-order valence-electron chi connectivity index (χ0n) is 20.0. The number of hydrogen-bond acceptors (Lipinski definition) is 4. The molecule has 33 heavy (non-hydrogen) atoms. The molecule has 4 nitrogen and oxygen atoms in total. The van der Waals surface area contributed by atoms with Crippen LogP contribution in [-0.4, -0.2) is 26.1 Å². The molecule has 2 fully saturated rings. The van der Waals surface area contributed by atoms with Crippen molar-refractivity contribution in [2.45, 2.75) is 88.6 Å². The van der Waals surface area contributed by atoms with Crippen LogP contribution in [0.5, 0.6) is 0 Å². The van der Waals surface area contributed by atoms with Gasteiger partial charge < -0.3 is 4.74 Å². The summed E-state index contributed by atoms with van der Waals surface area (Å²) < 4.78 is 39.4. The minimum Gasteiger partial charge on any atom is -0.348 e. The van der Waals surface area contributed by atoms with Crippen LogP contribution >= 0.6 is 0 Å². The van der Waals surface area contributed by atoms with E-state index in [0.717, 1.165) is 44.9 Å². The fourth-order valence-corrected chi connectivity index (χ4v) is 7.35. The quantitative estimate of drug-likeness (QED) is 0.267. The van der Waals surface area contributed by atoms with Gasteiger partial charge in [-0.1, -0.05) is 93.3 Å². The minimum atomic E-state index is -3.76. The minimum absolute atomic E-state index is 0.0139. The topological polar surface area (TPSA) is 52.6 Å². The Kier molecular flexibility index (Phi) is 7.62. The van der Waals surface area contributed by atoms with Crippen molar-refractivity contribution < 1.29 is 17.3 Å². The van der Waals surface area contributed by atoms with Gasteiger partial charge in [0.05, 0.1) is 11.9 Å². The average molecular weight is 471 g/mol. The Hall–Kier alpha value is -1.69. The van der Waals surface area contributed by atoms with E-state index in [1.54, 1.807) is 6.92 Å². The van der Waals surface area contributed by atoms with Crippen LogP contribution in [0.3, 0.4) is 0 Å². The highest BCUT2D eigenvalue weighted by Gasteiger charge is 2.66. The van der Waals surface area contributed by atoms with Crippen LogP contribution in [0.4, 0.5) is 0 Å². The second kappa shape index (κ2) is 10.3. The van der Waals surface area contributed by atoms with Crippen molar-refractivity contribution in [2.75, 3.05) is 6.61 Å². The smallest absolute Gasteiger partial charge is 0.272 e. The Labute approximate surface area is 199 Å². The van der Waals surface area contributed by atoms with E-state index in [0.29, 0.717) is 19.4 Å². The molecule has 1 heterocycles. The van der Waals surface area contributed by atoms with Crippen molar-refractivity contribution in [3.8, 4) is 0 Å². The first-order valence-corrected chi connectivity index (χ1v) is 14.1. The predicted octanol–water partition coefficient (Wildman–Crippen LogP) is 6.81. The Morgan fingerprint density at radius 2 is 1.55 bits per heavy atom. The lowest BCUT2D eigenvalue weighted by Gasteiger charge is -2.44. The van der Waals surface area contributed by atoms with Gasteiger partial charge in [0.1, 0.15) is 0 Å². The maximum atomic E-state index is 13.4. The Morgan fingerprint density at radius 3 is 2.15 bits per heavy atom. The summed E-state index contributed by atoms with van der Waals surface area (Å²) in [5.41, 5.74) is 1.97. The van der Waals surface area contributed by atoms with E-state index in [1.165, 1.54) is 11.1 Å². The fraction of sp³-hybridized carbons (Fsp3) is 0.571. The van der Waals surface area contributed by atoms with Gasteiger partial charge in [0.25, 0.3) is 10.1 Å². The molecule has 0 bridgehead atoms. The summed E-state index contributed by atoms with van der Waals surface area (Å²) in [6.45, 7) is 4.47. The summed E-state index contributed by atoms with van der Waals surface area (Å²) in [5.74, 6) is -1.08. The van der Waals surface area contributed by atoms with Crippen molar-refractivity contribution in [3.63, 3.8) is 0 Å². The summed E-state index contributed by atoms with van der Waals surface area (Å²) in [4.78, 5) is 0. The number of benzene rings is 2. The van der Waals surface area contributed by atoms with E-state index in [1.807, 2.05) is 12.1 Å². The van der Waals surface area contributed by atoms with Crippen molar-refractivity contribution in [1.82, 2.24) is 0 Å². The SMILES string of the molecule is CCCCCCC(C)S(=O)(=O)OC12CCCC1(C(c1ccccc1)c1ccccc1)CCO2. The molecule has 4 rings (SSSR count). The Balaban J connectivity index is 1.68. The Bertz CT molecular complexity index is 938. The van der Waals surface area contributed by atoms with E-state index in [2.05, 4.69) is 55.5 Å². The van der Waals surface area contributed by atoms with Crippen LogP contribution in [0, 0.1) is 5.41 Å². The third-order valence-electron chi connectivity index (χ3n) is 7.80. The lowest BCUT2D eigenvalue weighted by atomic mass is 9.64. The van der Waals surface area contributed by atoms with Gasteiger partial charge in [-0.2, -0.15) is 8.42 Å². The maximum absolute atomic E-state index is 13.4. The van der Waals surface area contributed by atoms with Gasteiger partial charge in [-0.15, -0.1) is 0 Å². The number of hydrogen-bond donors (Lipinski definition) is 0. The zero-order valence-corrected chi connectivity index (χ0v) is 20.9. The van der Waals surface area contributed by atoms with E-state index in [4.69, 9.17) is 8.92 Å². The number of rotatable bonds is 11. The van der Waals surface area contributed by atoms with Gasteiger partial charge in [0, 0.05) is 17.8 Å². The van der Waals surface area contributed by atoms with E-state index >= 15 is 0 Å². The monoisotopic (exact) mass is 470 g/mol. The number of ether oxygens (including phenoxy) is 1. The molecular formula is C28H38O4S. The summed E-state index contributed by atoms with van der Waals surface area (Å²) in [6.07, 6.45) is 8.08. The molecule has 2 aromatic rings. The number of fused-ring (bicyclic) bond motifs is 1. The first kappa shape index (κ1) is 24.4. The molecule has 0 spiro atoms. The van der Waals surface area contributed by atoms with Gasteiger partial charge in [-0.05, 0) is 43.7 Å². The van der Waals surface area contributed by atoms with Gasteiger partial charge in [-0.25, -0.2) is 4.18 Å².